The first-order valence-corrected chi connectivity index (χ1v) is 6.49. The second-order valence-electron chi connectivity index (χ2n) is 4.33. The van der Waals surface area contributed by atoms with Gasteiger partial charge in [0.25, 0.3) is 0 Å². The van der Waals surface area contributed by atoms with Crippen LogP contribution in [0.1, 0.15) is 18.2 Å². The highest BCUT2D eigenvalue weighted by Crippen LogP contribution is 2.23. The molecule has 0 saturated carbocycles. The van der Waals surface area contributed by atoms with E-state index in [1.165, 1.54) is 5.69 Å². The van der Waals surface area contributed by atoms with Gasteiger partial charge in [0.2, 0.25) is 0 Å². The number of rotatable bonds is 4. The molecule has 0 atom stereocenters. The fraction of sp³-hybridized carbons (Fsp3) is 0.357. The zero-order chi connectivity index (χ0) is 13.1. The molecule has 0 fully saturated rings. The van der Waals surface area contributed by atoms with E-state index in [9.17, 15) is 0 Å². The Labute approximate surface area is 113 Å². The number of aromatic nitrogens is 2. The summed E-state index contributed by atoms with van der Waals surface area (Å²) in [7, 11) is 1.87. The van der Waals surface area contributed by atoms with Gasteiger partial charge >= 0.3 is 0 Å². The van der Waals surface area contributed by atoms with Crippen molar-refractivity contribution in [2.24, 2.45) is 7.05 Å². The molecule has 3 nitrogen and oxygen atoms in total. The molecule has 96 valence electrons. The highest BCUT2D eigenvalue weighted by molar-refractivity contribution is 6.30. The van der Waals surface area contributed by atoms with Crippen LogP contribution in [0.25, 0.3) is 0 Å². The van der Waals surface area contributed by atoms with Crippen LogP contribution >= 0.6 is 11.6 Å². The maximum atomic E-state index is 6.28. The van der Waals surface area contributed by atoms with Gasteiger partial charge in [0.05, 0.1) is 5.69 Å². The molecule has 0 spiro atoms. The Kier molecular flexibility index (Phi) is 3.92. The predicted molar refractivity (Wildman–Crippen MR) is 76.1 cm³/mol. The molecule has 1 aromatic heterocycles. The third-order valence-electron chi connectivity index (χ3n) is 3.12. The molecule has 0 bridgehead atoms. The molecule has 4 heteroatoms. The van der Waals surface area contributed by atoms with E-state index in [0.29, 0.717) is 0 Å². The van der Waals surface area contributed by atoms with E-state index in [0.717, 1.165) is 29.5 Å². The van der Waals surface area contributed by atoms with E-state index in [4.69, 9.17) is 11.6 Å². The Hall–Kier alpha value is -1.48. The van der Waals surface area contributed by atoms with Crippen LogP contribution in [0.3, 0.4) is 0 Å². The minimum atomic E-state index is 0.724. The average Bonchev–Trinajstić information content (AvgIpc) is 2.62. The van der Waals surface area contributed by atoms with Crippen molar-refractivity contribution in [1.29, 1.82) is 0 Å². The molecule has 1 heterocycles. The van der Waals surface area contributed by atoms with Crippen LogP contribution in [0.2, 0.25) is 5.15 Å². The van der Waals surface area contributed by atoms with Crippen LogP contribution in [0.15, 0.2) is 30.3 Å². The maximum Gasteiger partial charge on any atom is 0.131 e. The number of hydrogen-bond acceptors (Lipinski definition) is 2. The van der Waals surface area contributed by atoms with E-state index < -0.39 is 0 Å². The highest BCUT2D eigenvalue weighted by atomic mass is 35.5. The van der Waals surface area contributed by atoms with Gasteiger partial charge in [0.1, 0.15) is 5.15 Å². The maximum absolute atomic E-state index is 6.28. The van der Waals surface area contributed by atoms with Crippen LogP contribution in [0.5, 0.6) is 0 Å². The fourth-order valence-electron chi connectivity index (χ4n) is 2.07. The molecule has 1 aromatic carbocycles. The summed E-state index contributed by atoms with van der Waals surface area (Å²) < 4.78 is 1.73. The van der Waals surface area contributed by atoms with Crippen molar-refractivity contribution in [1.82, 2.24) is 9.78 Å². The number of anilines is 1. The van der Waals surface area contributed by atoms with Gasteiger partial charge in [-0.15, -0.1) is 0 Å². The minimum Gasteiger partial charge on any atom is -0.367 e. The Bertz CT molecular complexity index is 519. The van der Waals surface area contributed by atoms with E-state index in [1.54, 1.807) is 4.68 Å². The average molecular weight is 264 g/mol. The van der Waals surface area contributed by atoms with Gasteiger partial charge < -0.3 is 4.90 Å². The molecule has 0 radical (unpaired) electrons. The van der Waals surface area contributed by atoms with Crippen molar-refractivity contribution in [3.05, 3.63) is 46.7 Å². The van der Waals surface area contributed by atoms with Gasteiger partial charge in [0.15, 0.2) is 0 Å². The first-order chi connectivity index (χ1) is 8.63. The van der Waals surface area contributed by atoms with Crippen LogP contribution in [0, 0.1) is 6.92 Å². The van der Waals surface area contributed by atoms with Crippen molar-refractivity contribution >= 4 is 17.3 Å². The smallest absolute Gasteiger partial charge is 0.131 e. The highest BCUT2D eigenvalue weighted by Gasteiger charge is 2.14. The van der Waals surface area contributed by atoms with Crippen LogP contribution < -0.4 is 4.90 Å². The van der Waals surface area contributed by atoms with Crippen molar-refractivity contribution in [3.63, 3.8) is 0 Å². The summed E-state index contributed by atoms with van der Waals surface area (Å²) in [6.45, 7) is 5.88. The number of hydrogen-bond donors (Lipinski definition) is 0. The largest absolute Gasteiger partial charge is 0.367 e. The monoisotopic (exact) mass is 263 g/mol. The Morgan fingerprint density at radius 2 is 1.94 bits per heavy atom. The number of para-hydroxylation sites is 1. The summed E-state index contributed by atoms with van der Waals surface area (Å²) in [5.74, 6) is 0. The summed E-state index contributed by atoms with van der Waals surface area (Å²) in [4.78, 5) is 2.29. The molecule has 0 amide bonds. The van der Waals surface area contributed by atoms with Gasteiger partial charge in [-0.05, 0) is 26.0 Å². The summed E-state index contributed by atoms with van der Waals surface area (Å²) in [6.07, 6.45) is 0. The molecule has 0 aliphatic carbocycles. The van der Waals surface area contributed by atoms with Gasteiger partial charge in [-0.25, -0.2) is 0 Å². The van der Waals surface area contributed by atoms with Gasteiger partial charge in [-0.3, -0.25) is 4.68 Å². The Balaban J connectivity index is 2.26. The molecular formula is C14H18ClN3. The molecule has 18 heavy (non-hydrogen) atoms. The Morgan fingerprint density at radius 3 is 2.44 bits per heavy atom. The summed E-state index contributed by atoms with van der Waals surface area (Å²) in [5.41, 5.74) is 3.31. The SMILES string of the molecule is CCN(Cc1c(C)nn(C)c1Cl)c1ccccc1. The standard InChI is InChI=1S/C14H18ClN3/c1-4-18(12-8-6-5-7-9-12)10-13-11(2)16-17(3)14(13)15/h5-9H,4,10H2,1-3H3. The lowest BCUT2D eigenvalue weighted by Gasteiger charge is -2.23. The fourth-order valence-corrected chi connectivity index (χ4v) is 2.30. The van der Waals surface area contributed by atoms with Crippen molar-refractivity contribution < 1.29 is 0 Å². The molecule has 2 rings (SSSR count). The zero-order valence-electron chi connectivity index (χ0n) is 11.0. The van der Waals surface area contributed by atoms with Crippen LogP contribution in [-0.4, -0.2) is 16.3 Å². The molecule has 0 unspecified atom stereocenters. The lowest BCUT2D eigenvalue weighted by atomic mass is 10.2. The van der Waals surface area contributed by atoms with E-state index in [2.05, 4.69) is 41.2 Å². The predicted octanol–water partition coefficient (Wildman–Crippen LogP) is 3.41. The molecule has 0 aliphatic rings. The van der Waals surface area contributed by atoms with Gasteiger partial charge in [-0.1, -0.05) is 29.8 Å². The van der Waals surface area contributed by atoms with Crippen LogP contribution in [-0.2, 0) is 13.6 Å². The Morgan fingerprint density at radius 1 is 1.28 bits per heavy atom. The van der Waals surface area contributed by atoms with E-state index >= 15 is 0 Å². The quantitative estimate of drug-likeness (QED) is 0.843. The second-order valence-corrected chi connectivity index (χ2v) is 4.69. The first-order valence-electron chi connectivity index (χ1n) is 6.11. The van der Waals surface area contributed by atoms with Gasteiger partial charge in [-0.2, -0.15) is 5.10 Å². The number of aryl methyl sites for hydroxylation is 2. The van der Waals surface area contributed by atoms with Crippen molar-refractivity contribution in [3.8, 4) is 0 Å². The number of benzene rings is 1. The second kappa shape index (κ2) is 5.44. The summed E-state index contributed by atoms with van der Waals surface area (Å²) >= 11 is 6.28. The number of halogens is 1. The molecule has 0 N–H and O–H groups in total. The topological polar surface area (TPSA) is 21.1 Å². The molecule has 0 aliphatic heterocycles. The third-order valence-corrected chi connectivity index (χ3v) is 3.59. The minimum absolute atomic E-state index is 0.724. The molecule has 0 saturated heterocycles. The van der Waals surface area contributed by atoms with E-state index in [-0.39, 0.29) is 0 Å². The third kappa shape index (κ3) is 2.51. The van der Waals surface area contributed by atoms with Gasteiger partial charge in [0, 0.05) is 31.4 Å². The number of nitrogens with zero attached hydrogens (tertiary/aromatic N) is 3. The zero-order valence-corrected chi connectivity index (χ0v) is 11.8. The van der Waals surface area contributed by atoms with Crippen molar-refractivity contribution in [2.75, 3.05) is 11.4 Å². The lowest BCUT2D eigenvalue weighted by Crippen LogP contribution is -2.22. The molecular weight excluding hydrogens is 246 g/mol. The van der Waals surface area contributed by atoms with E-state index in [1.807, 2.05) is 20.0 Å². The normalized spacial score (nSPS) is 10.7. The summed E-state index contributed by atoms with van der Waals surface area (Å²) in [6, 6.07) is 10.4. The molecule has 2 aromatic rings. The van der Waals surface area contributed by atoms with Crippen LogP contribution in [0.4, 0.5) is 5.69 Å². The van der Waals surface area contributed by atoms with Crippen molar-refractivity contribution in [2.45, 2.75) is 20.4 Å². The lowest BCUT2D eigenvalue weighted by molar-refractivity contribution is 0.757. The summed E-state index contributed by atoms with van der Waals surface area (Å²) in [5, 5.41) is 5.07. The first kappa shape index (κ1) is 13.0.